The first-order valence-electron chi connectivity index (χ1n) is 9.12. The molecule has 2 aliphatic rings. The zero-order valence-electron chi connectivity index (χ0n) is 14.6. The summed E-state index contributed by atoms with van der Waals surface area (Å²) < 4.78 is 7.55. The van der Waals surface area contributed by atoms with Gasteiger partial charge in [0.25, 0.3) is 11.5 Å². The molecule has 3 aromatic rings. The number of carbonyl (C=O) groups is 1. The Labute approximate surface area is 154 Å². The number of para-hydroxylation sites is 1. The predicted octanol–water partition coefficient (Wildman–Crippen LogP) is 2.21. The van der Waals surface area contributed by atoms with Crippen LogP contribution in [-0.4, -0.2) is 28.5 Å². The van der Waals surface area contributed by atoms with Gasteiger partial charge in [-0.15, -0.1) is 0 Å². The number of fused-ring (bicyclic) bond motifs is 5. The van der Waals surface area contributed by atoms with Crippen molar-refractivity contribution in [3.63, 3.8) is 0 Å². The van der Waals surface area contributed by atoms with Crippen LogP contribution in [0.5, 0.6) is 0 Å². The second-order valence-electron chi connectivity index (χ2n) is 7.38. The normalized spacial score (nSPS) is 21.1. The van der Waals surface area contributed by atoms with E-state index < -0.39 is 0 Å². The smallest absolute Gasteiger partial charge is 0.289 e. The van der Waals surface area contributed by atoms with Gasteiger partial charge in [0.05, 0.1) is 5.39 Å². The largest absolute Gasteiger partial charge is 0.451 e. The van der Waals surface area contributed by atoms with Gasteiger partial charge in [-0.3, -0.25) is 14.4 Å². The van der Waals surface area contributed by atoms with Crippen LogP contribution < -0.4 is 11.0 Å². The maximum Gasteiger partial charge on any atom is 0.289 e. The quantitative estimate of drug-likeness (QED) is 0.665. The van der Waals surface area contributed by atoms with E-state index in [1.54, 1.807) is 41.3 Å². The van der Waals surface area contributed by atoms with Gasteiger partial charge < -0.3 is 13.9 Å². The molecule has 6 nitrogen and oxygen atoms in total. The van der Waals surface area contributed by atoms with Gasteiger partial charge in [-0.2, -0.15) is 0 Å². The van der Waals surface area contributed by atoms with E-state index in [1.807, 2.05) is 10.6 Å². The molecule has 136 valence electrons. The molecule has 27 heavy (non-hydrogen) atoms. The molecule has 2 aromatic heterocycles. The van der Waals surface area contributed by atoms with Crippen molar-refractivity contribution in [1.82, 2.24) is 9.47 Å². The topological polar surface area (TPSA) is 72.5 Å². The SMILES string of the molecule is O=C(c1cc(=O)c2ccccc2o1)N1CC2CC(C1)c1cccc(=O)n1C2. The van der Waals surface area contributed by atoms with Crippen molar-refractivity contribution in [2.75, 3.05) is 13.1 Å². The van der Waals surface area contributed by atoms with Crippen LogP contribution in [0.4, 0.5) is 0 Å². The predicted molar refractivity (Wildman–Crippen MR) is 99.9 cm³/mol. The summed E-state index contributed by atoms with van der Waals surface area (Å²) >= 11 is 0. The van der Waals surface area contributed by atoms with E-state index in [9.17, 15) is 14.4 Å². The second-order valence-corrected chi connectivity index (χ2v) is 7.38. The molecule has 0 radical (unpaired) electrons. The maximum absolute atomic E-state index is 13.0. The molecule has 5 rings (SSSR count). The highest BCUT2D eigenvalue weighted by atomic mass is 16.3. The minimum atomic E-state index is -0.265. The van der Waals surface area contributed by atoms with E-state index in [-0.39, 0.29) is 34.5 Å². The number of nitrogens with zero attached hydrogens (tertiary/aromatic N) is 2. The third-order valence-electron chi connectivity index (χ3n) is 5.61. The molecule has 2 unspecified atom stereocenters. The molecule has 0 saturated carbocycles. The fourth-order valence-electron chi connectivity index (χ4n) is 4.43. The lowest BCUT2D eigenvalue weighted by Gasteiger charge is -2.42. The molecule has 1 saturated heterocycles. The molecule has 1 aromatic carbocycles. The summed E-state index contributed by atoms with van der Waals surface area (Å²) in [5.74, 6) is 0.165. The summed E-state index contributed by atoms with van der Waals surface area (Å²) in [6, 6.07) is 13.5. The Morgan fingerprint density at radius 1 is 1.00 bits per heavy atom. The summed E-state index contributed by atoms with van der Waals surface area (Å²) in [7, 11) is 0. The van der Waals surface area contributed by atoms with Gasteiger partial charge in [-0.05, 0) is 30.5 Å². The monoisotopic (exact) mass is 362 g/mol. The van der Waals surface area contributed by atoms with Crippen molar-refractivity contribution in [2.45, 2.75) is 18.9 Å². The summed E-state index contributed by atoms with van der Waals surface area (Å²) in [4.78, 5) is 39.2. The number of pyridine rings is 1. The van der Waals surface area contributed by atoms with Gasteiger partial charge in [0.1, 0.15) is 5.58 Å². The lowest BCUT2D eigenvalue weighted by atomic mass is 9.83. The van der Waals surface area contributed by atoms with E-state index >= 15 is 0 Å². The van der Waals surface area contributed by atoms with Crippen LogP contribution in [0.15, 0.2) is 62.5 Å². The van der Waals surface area contributed by atoms with Crippen LogP contribution in [0.2, 0.25) is 0 Å². The molecule has 4 heterocycles. The first-order chi connectivity index (χ1) is 13.1. The van der Waals surface area contributed by atoms with Crippen molar-refractivity contribution in [3.8, 4) is 0 Å². The minimum absolute atomic E-state index is 0.0162. The Bertz CT molecular complexity index is 1180. The van der Waals surface area contributed by atoms with E-state index in [1.165, 1.54) is 6.07 Å². The number of hydrogen-bond acceptors (Lipinski definition) is 4. The first kappa shape index (κ1) is 16.1. The van der Waals surface area contributed by atoms with Crippen molar-refractivity contribution < 1.29 is 9.21 Å². The highest BCUT2D eigenvalue weighted by Gasteiger charge is 2.37. The lowest BCUT2D eigenvalue weighted by molar-refractivity contribution is 0.0564. The molecule has 0 spiro atoms. The molecule has 2 aliphatic heterocycles. The number of aromatic nitrogens is 1. The standard InChI is InChI=1S/C21H18N2O4/c24-17-9-19(27-18-6-2-1-4-15(17)18)21(26)22-10-13-8-14(12-22)16-5-3-7-20(25)23(16)11-13/h1-7,9,13-14H,8,10-12H2. The third kappa shape index (κ3) is 2.60. The van der Waals surface area contributed by atoms with Crippen LogP contribution in [-0.2, 0) is 6.54 Å². The van der Waals surface area contributed by atoms with Crippen LogP contribution >= 0.6 is 0 Å². The molecule has 2 bridgehead atoms. The minimum Gasteiger partial charge on any atom is -0.451 e. The van der Waals surface area contributed by atoms with Gasteiger partial charge in [0, 0.05) is 43.4 Å². The van der Waals surface area contributed by atoms with Gasteiger partial charge in [0.15, 0.2) is 11.2 Å². The highest BCUT2D eigenvalue weighted by molar-refractivity contribution is 5.93. The van der Waals surface area contributed by atoms with Crippen molar-refractivity contribution in [2.24, 2.45) is 5.92 Å². The fraction of sp³-hybridized carbons (Fsp3) is 0.286. The molecular formula is C21H18N2O4. The highest BCUT2D eigenvalue weighted by Crippen LogP contribution is 2.35. The van der Waals surface area contributed by atoms with Crippen LogP contribution in [0, 0.1) is 5.92 Å². The van der Waals surface area contributed by atoms with Gasteiger partial charge in [-0.1, -0.05) is 18.2 Å². The van der Waals surface area contributed by atoms with Gasteiger partial charge >= 0.3 is 0 Å². The summed E-state index contributed by atoms with van der Waals surface area (Å²) in [6.45, 7) is 1.71. The number of carbonyl (C=O) groups excluding carboxylic acids is 1. The number of amides is 1. The lowest BCUT2D eigenvalue weighted by Crippen LogP contribution is -2.49. The number of benzene rings is 1. The Hall–Kier alpha value is -3.15. The summed E-state index contributed by atoms with van der Waals surface area (Å²) in [5.41, 5.74) is 1.20. The number of hydrogen-bond donors (Lipinski definition) is 0. The van der Waals surface area contributed by atoms with E-state index in [0.717, 1.165) is 12.1 Å². The zero-order valence-corrected chi connectivity index (χ0v) is 14.6. The van der Waals surface area contributed by atoms with E-state index in [4.69, 9.17) is 4.42 Å². The number of piperidine rings is 1. The first-order valence-corrected chi connectivity index (χ1v) is 9.12. The molecule has 0 N–H and O–H groups in total. The molecule has 6 heteroatoms. The van der Waals surface area contributed by atoms with Crippen LogP contribution in [0.1, 0.15) is 28.6 Å². The average Bonchev–Trinajstić information content (AvgIpc) is 2.68. The average molecular weight is 362 g/mol. The summed E-state index contributed by atoms with van der Waals surface area (Å²) in [6.07, 6.45) is 0.967. The molecule has 1 fully saturated rings. The number of rotatable bonds is 1. The molecule has 2 atom stereocenters. The Kier molecular flexibility index (Phi) is 3.53. The van der Waals surface area contributed by atoms with Gasteiger partial charge in [0.2, 0.25) is 0 Å². The third-order valence-corrected chi connectivity index (χ3v) is 5.61. The van der Waals surface area contributed by atoms with E-state index in [2.05, 4.69) is 0 Å². The van der Waals surface area contributed by atoms with E-state index in [0.29, 0.717) is 30.6 Å². The Morgan fingerprint density at radius 2 is 1.85 bits per heavy atom. The Morgan fingerprint density at radius 3 is 2.74 bits per heavy atom. The maximum atomic E-state index is 13.0. The fourth-order valence-corrected chi connectivity index (χ4v) is 4.43. The molecule has 0 aliphatic carbocycles. The summed E-state index contributed by atoms with van der Waals surface area (Å²) in [5, 5.41) is 0.470. The van der Waals surface area contributed by atoms with Gasteiger partial charge in [-0.25, -0.2) is 0 Å². The van der Waals surface area contributed by atoms with Crippen molar-refractivity contribution in [3.05, 3.63) is 80.6 Å². The Balaban J connectivity index is 1.49. The molecule has 1 amide bonds. The second kappa shape index (κ2) is 5.94. The van der Waals surface area contributed by atoms with Crippen molar-refractivity contribution in [1.29, 1.82) is 0 Å². The van der Waals surface area contributed by atoms with Crippen LogP contribution in [0.25, 0.3) is 11.0 Å². The van der Waals surface area contributed by atoms with Crippen molar-refractivity contribution >= 4 is 16.9 Å². The zero-order chi connectivity index (χ0) is 18.5. The number of likely N-dealkylation sites (tertiary alicyclic amines) is 1. The van der Waals surface area contributed by atoms with Crippen LogP contribution in [0.3, 0.4) is 0 Å². The molecular weight excluding hydrogens is 344 g/mol.